The summed E-state index contributed by atoms with van der Waals surface area (Å²) in [4.78, 5) is 30.1. The number of amides is 1. The number of hydrogen-bond donors (Lipinski definition) is 1. The fourth-order valence-electron chi connectivity index (χ4n) is 4.33. The molecule has 1 atom stereocenters. The van der Waals surface area contributed by atoms with Gasteiger partial charge in [0.05, 0.1) is 25.3 Å². The Morgan fingerprint density at radius 3 is 2.24 bits per heavy atom. The van der Waals surface area contributed by atoms with Crippen LogP contribution in [0.1, 0.15) is 43.5 Å². The summed E-state index contributed by atoms with van der Waals surface area (Å²) in [6.07, 6.45) is 0. The molecule has 1 aliphatic heterocycles. The van der Waals surface area contributed by atoms with Crippen LogP contribution in [-0.2, 0) is 9.59 Å². The highest BCUT2D eigenvalue weighted by molar-refractivity contribution is 6.46. The van der Waals surface area contributed by atoms with Crippen molar-refractivity contribution >= 4 is 17.4 Å². The summed E-state index contributed by atoms with van der Waals surface area (Å²) in [5.41, 5.74) is 2.09. The Labute approximate surface area is 201 Å². The van der Waals surface area contributed by atoms with Crippen LogP contribution in [0.5, 0.6) is 11.5 Å². The van der Waals surface area contributed by atoms with Crippen LogP contribution in [0.3, 0.4) is 0 Å². The minimum atomic E-state index is -0.687. The zero-order chi connectivity index (χ0) is 24.8. The SMILES string of the molecule is CCOc1ccc([C@H]2/C(=C(\O)c3ccc(OC)cc3C)C(=O)C(=O)N2CCN(CC)CC)cc1. The third-order valence-electron chi connectivity index (χ3n) is 6.29. The lowest BCUT2D eigenvalue weighted by Gasteiger charge is -2.28. The first-order chi connectivity index (χ1) is 16.4. The van der Waals surface area contributed by atoms with Gasteiger partial charge < -0.3 is 24.4 Å². The van der Waals surface area contributed by atoms with E-state index in [1.807, 2.05) is 38.1 Å². The highest BCUT2D eigenvalue weighted by Gasteiger charge is 2.46. The fraction of sp³-hybridized carbons (Fsp3) is 0.407. The second-order valence-corrected chi connectivity index (χ2v) is 8.20. The summed E-state index contributed by atoms with van der Waals surface area (Å²) in [5, 5.41) is 11.3. The van der Waals surface area contributed by atoms with Crippen molar-refractivity contribution in [1.82, 2.24) is 9.80 Å². The van der Waals surface area contributed by atoms with Crippen LogP contribution >= 0.6 is 0 Å². The van der Waals surface area contributed by atoms with E-state index < -0.39 is 17.7 Å². The largest absolute Gasteiger partial charge is 0.507 e. The van der Waals surface area contributed by atoms with E-state index in [0.717, 1.165) is 24.2 Å². The molecule has 2 aromatic rings. The summed E-state index contributed by atoms with van der Waals surface area (Å²) >= 11 is 0. The molecule has 0 saturated carbocycles. The molecule has 1 amide bonds. The van der Waals surface area contributed by atoms with Gasteiger partial charge in [-0.25, -0.2) is 0 Å². The molecule has 7 nitrogen and oxygen atoms in total. The summed E-state index contributed by atoms with van der Waals surface area (Å²) < 4.78 is 10.8. The van der Waals surface area contributed by atoms with Gasteiger partial charge in [-0.2, -0.15) is 0 Å². The number of likely N-dealkylation sites (tertiary alicyclic amines) is 1. The zero-order valence-corrected chi connectivity index (χ0v) is 20.6. The molecule has 0 unspecified atom stereocenters. The number of carbonyl (C=O) groups excluding carboxylic acids is 2. The van der Waals surface area contributed by atoms with Gasteiger partial charge in [-0.15, -0.1) is 0 Å². The summed E-state index contributed by atoms with van der Waals surface area (Å²) in [5.74, 6) is -0.0956. The number of methoxy groups -OCH3 is 1. The summed E-state index contributed by atoms with van der Waals surface area (Å²) in [7, 11) is 1.57. The van der Waals surface area contributed by atoms with Gasteiger partial charge in [-0.1, -0.05) is 26.0 Å². The normalized spacial score (nSPS) is 17.5. The fourth-order valence-corrected chi connectivity index (χ4v) is 4.33. The van der Waals surface area contributed by atoms with Gasteiger partial charge in [0, 0.05) is 18.7 Å². The third kappa shape index (κ3) is 5.09. The number of likely N-dealkylation sites (N-methyl/N-ethyl adjacent to an activating group) is 1. The smallest absolute Gasteiger partial charge is 0.295 e. The van der Waals surface area contributed by atoms with E-state index in [1.165, 1.54) is 0 Å². The van der Waals surface area contributed by atoms with Crippen LogP contribution in [0.2, 0.25) is 0 Å². The molecule has 0 radical (unpaired) electrons. The standard InChI is InChI=1S/C27H34N2O5/c1-6-28(7-2)15-16-29-24(19-9-11-20(12-10-19)34-8-3)23(26(31)27(29)32)25(30)22-14-13-21(33-5)17-18(22)4/h9-14,17,24,30H,6-8,15-16H2,1-5H3/b25-23+/t24-/m0/s1. The molecule has 3 rings (SSSR count). The van der Waals surface area contributed by atoms with Crippen molar-refractivity contribution in [2.24, 2.45) is 0 Å². The van der Waals surface area contributed by atoms with Crippen molar-refractivity contribution in [1.29, 1.82) is 0 Å². The predicted molar refractivity (Wildman–Crippen MR) is 132 cm³/mol. The number of ketones is 1. The second kappa shape index (κ2) is 11.2. The lowest BCUT2D eigenvalue weighted by atomic mass is 9.94. The number of aryl methyl sites for hydroxylation is 1. The lowest BCUT2D eigenvalue weighted by Crippen LogP contribution is -2.38. The molecule has 0 aliphatic carbocycles. The topological polar surface area (TPSA) is 79.3 Å². The molecule has 1 heterocycles. The van der Waals surface area contributed by atoms with E-state index >= 15 is 0 Å². The Morgan fingerprint density at radius 1 is 1.03 bits per heavy atom. The van der Waals surface area contributed by atoms with E-state index in [1.54, 1.807) is 30.2 Å². The van der Waals surface area contributed by atoms with Gasteiger partial charge in [-0.05, 0) is 68.4 Å². The third-order valence-corrected chi connectivity index (χ3v) is 6.29. The number of nitrogens with zero attached hydrogens (tertiary/aromatic N) is 2. The van der Waals surface area contributed by atoms with E-state index in [9.17, 15) is 14.7 Å². The monoisotopic (exact) mass is 466 g/mol. The minimum absolute atomic E-state index is 0.0990. The minimum Gasteiger partial charge on any atom is -0.507 e. The summed E-state index contributed by atoms with van der Waals surface area (Å²) in [6, 6.07) is 11.9. The summed E-state index contributed by atoms with van der Waals surface area (Å²) in [6.45, 7) is 11.1. The number of benzene rings is 2. The number of ether oxygens (including phenoxy) is 2. The number of Topliss-reactive ketones (excluding diaryl/α,β-unsaturated/α-hetero) is 1. The number of carbonyl (C=O) groups is 2. The average Bonchev–Trinajstić information content (AvgIpc) is 3.10. The molecule has 7 heteroatoms. The molecular formula is C27H34N2O5. The Hall–Kier alpha value is -3.32. The first kappa shape index (κ1) is 25.3. The van der Waals surface area contributed by atoms with Crippen molar-refractivity contribution in [2.75, 3.05) is 39.9 Å². The number of hydrogen-bond acceptors (Lipinski definition) is 6. The second-order valence-electron chi connectivity index (χ2n) is 8.20. The van der Waals surface area contributed by atoms with Crippen LogP contribution in [-0.4, -0.2) is 66.5 Å². The van der Waals surface area contributed by atoms with E-state index in [4.69, 9.17) is 9.47 Å². The maximum Gasteiger partial charge on any atom is 0.295 e. The molecule has 0 bridgehead atoms. The molecule has 1 fully saturated rings. The Morgan fingerprint density at radius 2 is 1.68 bits per heavy atom. The molecular weight excluding hydrogens is 432 g/mol. The van der Waals surface area contributed by atoms with Crippen LogP contribution in [0.25, 0.3) is 5.76 Å². The van der Waals surface area contributed by atoms with Crippen molar-refractivity contribution in [3.05, 3.63) is 64.7 Å². The van der Waals surface area contributed by atoms with E-state index in [2.05, 4.69) is 18.7 Å². The number of aliphatic hydroxyl groups excluding tert-OH is 1. The maximum atomic E-state index is 13.2. The highest BCUT2D eigenvalue weighted by atomic mass is 16.5. The van der Waals surface area contributed by atoms with Gasteiger partial charge in [0.25, 0.3) is 11.7 Å². The van der Waals surface area contributed by atoms with Gasteiger partial charge in [0.15, 0.2) is 0 Å². The molecule has 34 heavy (non-hydrogen) atoms. The number of rotatable bonds is 10. The molecule has 1 N–H and O–H groups in total. The molecule has 1 aliphatic rings. The predicted octanol–water partition coefficient (Wildman–Crippen LogP) is 4.17. The van der Waals surface area contributed by atoms with Crippen LogP contribution < -0.4 is 9.47 Å². The molecule has 0 spiro atoms. The van der Waals surface area contributed by atoms with Crippen molar-refractivity contribution in [3.8, 4) is 11.5 Å². The van der Waals surface area contributed by atoms with Crippen LogP contribution in [0, 0.1) is 6.92 Å². The first-order valence-electron chi connectivity index (χ1n) is 11.7. The van der Waals surface area contributed by atoms with Gasteiger partial charge in [0.1, 0.15) is 17.3 Å². The van der Waals surface area contributed by atoms with E-state index in [-0.39, 0.29) is 11.3 Å². The lowest BCUT2D eigenvalue weighted by molar-refractivity contribution is -0.140. The number of aliphatic hydroxyl groups is 1. The maximum absolute atomic E-state index is 13.2. The molecule has 0 aromatic heterocycles. The quantitative estimate of drug-likeness (QED) is 0.322. The van der Waals surface area contributed by atoms with Crippen LogP contribution in [0.4, 0.5) is 0 Å². The van der Waals surface area contributed by atoms with Gasteiger partial charge in [0.2, 0.25) is 0 Å². The van der Waals surface area contributed by atoms with Gasteiger partial charge >= 0.3 is 0 Å². The highest BCUT2D eigenvalue weighted by Crippen LogP contribution is 2.40. The van der Waals surface area contributed by atoms with Crippen LogP contribution in [0.15, 0.2) is 48.0 Å². The first-order valence-corrected chi connectivity index (χ1v) is 11.7. The zero-order valence-electron chi connectivity index (χ0n) is 20.6. The molecule has 182 valence electrons. The molecule has 2 aromatic carbocycles. The average molecular weight is 467 g/mol. The van der Waals surface area contributed by atoms with Crippen molar-refractivity contribution < 1.29 is 24.2 Å². The van der Waals surface area contributed by atoms with Gasteiger partial charge in [-0.3, -0.25) is 9.59 Å². The van der Waals surface area contributed by atoms with E-state index in [0.29, 0.717) is 36.8 Å². The van der Waals surface area contributed by atoms with Crippen molar-refractivity contribution in [3.63, 3.8) is 0 Å². The molecule has 1 saturated heterocycles. The Kier molecular flexibility index (Phi) is 8.34. The Bertz CT molecular complexity index is 1060. The Balaban J connectivity index is 2.11. The van der Waals surface area contributed by atoms with Crippen molar-refractivity contribution in [2.45, 2.75) is 33.7 Å².